The molecule has 4 nitrogen and oxygen atoms in total. The van der Waals surface area contributed by atoms with Crippen LogP contribution < -0.4 is 4.74 Å². The summed E-state index contributed by atoms with van der Waals surface area (Å²) in [6.07, 6.45) is 4.35. The van der Waals surface area contributed by atoms with Gasteiger partial charge in [-0.3, -0.25) is 9.69 Å². The molecule has 0 unspecified atom stereocenters. The van der Waals surface area contributed by atoms with Gasteiger partial charge in [-0.05, 0) is 87.5 Å². The van der Waals surface area contributed by atoms with E-state index in [1.165, 1.54) is 33.1 Å². The molecular formula is C32H38F3NO3. The van der Waals surface area contributed by atoms with Crippen molar-refractivity contribution in [3.8, 4) is 5.75 Å². The van der Waals surface area contributed by atoms with Gasteiger partial charge in [-0.2, -0.15) is 0 Å². The maximum atomic E-state index is 15.8. The number of ether oxygens (including phenoxy) is 2. The fourth-order valence-corrected chi connectivity index (χ4v) is 6.70. The summed E-state index contributed by atoms with van der Waals surface area (Å²) < 4.78 is 57.4. The van der Waals surface area contributed by atoms with Gasteiger partial charge < -0.3 is 9.47 Å². The Labute approximate surface area is 229 Å². The highest BCUT2D eigenvalue weighted by Crippen LogP contribution is 2.50. The third-order valence-corrected chi connectivity index (χ3v) is 8.59. The fourth-order valence-electron chi connectivity index (χ4n) is 6.70. The Morgan fingerprint density at radius 2 is 1.74 bits per heavy atom. The van der Waals surface area contributed by atoms with Crippen molar-refractivity contribution in [2.45, 2.75) is 77.0 Å². The average Bonchev–Trinajstić information content (AvgIpc) is 3.26. The van der Waals surface area contributed by atoms with E-state index in [2.05, 4.69) is 12.1 Å². The number of esters is 1. The summed E-state index contributed by atoms with van der Waals surface area (Å²) in [5, 5.41) is 0. The van der Waals surface area contributed by atoms with Gasteiger partial charge in [0.05, 0.1) is 25.7 Å². The number of rotatable bonds is 7. The highest BCUT2D eigenvalue weighted by molar-refractivity contribution is 5.79. The predicted octanol–water partition coefficient (Wildman–Crippen LogP) is 7.22. The lowest BCUT2D eigenvalue weighted by Crippen LogP contribution is -2.47. The summed E-state index contributed by atoms with van der Waals surface area (Å²) in [6.45, 7) is 5.42. The summed E-state index contributed by atoms with van der Waals surface area (Å²) in [4.78, 5) is 13.7. The molecule has 0 spiro atoms. The normalized spacial score (nSPS) is 25.3. The Kier molecular flexibility index (Phi) is 7.82. The molecule has 1 fully saturated rings. The van der Waals surface area contributed by atoms with Gasteiger partial charge in [0.15, 0.2) is 0 Å². The Morgan fingerprint density at radius 3 is 2.38 bits per heavy atom. The molecule has 0 amide bonds. The first-order valence-corrected chi connectivity index (χ1v) is 14.0. The van der Waals surface area contributed by atoms with Crippen LogP contribution in [0, 0.1) is 23.5 Å². The summed E-state index contributed by atoms with van der Waals surface area (Å²) in [7, 11) is 1.40. The maximum absolute atomic E-state index is 15.8. The van der Waals surface area contributed by atoms with Crippen LogP contribution in [0.25, 0.3) is 5.57 Å². The molecule has 1 heterocycles. The second-order valence-electron chi connectivity index (χ2n) is 12.0. The molecule has 0 bridgehead atoms. The molecule has 3 aliphatic rings. The zero-order valence-corrected chi connectivity index (χ0v) is 23.2. The molecule has 5 rings (SSSR count). The zero-order valence-electron chi connectivity index (χ0n) is 23.2. The molecule has 39 heavy (non-hydrogen) atoms. The third kappa shape index (κ3) is 5.74. The highest BCUT2D eigenvalue weighted by Gasteiger charge is 2.43. The lowest BCUT2D eigenvalue weighted by molar-refractivity contribution is -0.146. The number of nitrogens with zero attached hydrogens (tertiary/aromatic N) is 1. The Morgan fingerprint density at radius 1 is 1.08 bits per heavy atom. The molecule has 2 aromatic rings. The zero-order chi connectivity index (χ0) is 27.9. The van der Waals surface area contributed by atoms with E-state index in [1.807, 2.05) is 24.0 Å². The van der Waals surface area contributed by atoms with E-state index in [0.29, 0.717) is 19.4 Å². The summed E-state index contributed by atoms with van der Waals surface area (Å²) in [5.74, 6) is -1.26. The second-order valence-corrected chi connectivity index (χ2v) is 12.0. The van der Waals surface area contributed by atoms with E-state index in [-0.39, 0.29) is 41.7 Å². The van der Waals surface area contributed by atoms with Gasteiger partial charge in [0, 0.05) is 30.3 Å². The fraction of sp³-hybridized carbons (Fsp3) is 0.531. The molecule has 210 valence electrons. The Balaban J connectivity index is 1.40. The molecule has 2 aromatic carbocycles. The maximum Gasteiger partial charge on any atom is 0.308 e. The van der Waals surface area contributed by atoms with Crippen molar-refractivity contribution in [2.75, 3.05) is 20.3 Å². The Hall–Kier alpha value is -2.80. The molecule has 1 saturated carbocycles. The van der Waals surface area contributed by atoms with Crippen molar-refractivity contribution in [1.82, 2.24) is 4.90 Å². The van der Waals surface area contributed by atoms with Crippen LogP contribution in [-0.2, 0) is 16.0 Å². The molecule has 7 heteroatoms. The monoisotopic (exact) mass is 541 g/mol. The second kappa shape index (κ2) is 11.0. The van der Waals surface area contributed by atoms with Gasteiger partial charge in [-0.15, -0.1) is 0 Å². The first kappa shape index (κ1) is 27.8. The van der Waals surface area contributed by atoms with Gasteiger partial charge in [0.25, 0.3) is 0 Å². The number of carbonyl (C=O) groups is 1. The van der Waals surface area contributed by atoms with Gasteiger partial charge >= 0.3 is 5.97 Å². The SMILES string of the molecule is COC(=O)C1CCC(COc2cc(F)c([C@@H]3C4=C(C[C@@H](C)N3CC(C)(C)F)c3ccccc3C4)c(F)c2)CC1. The molecule has 0 radical (unpaired) electrons. The number of benzene rings is 2. The van der Waals surface area contributed by atoms with Crippen LogP contribution in [0.3, 0.4) is 0 Å². The van der Waals surface area contributed by atoms with Gasteiger partial charge in [0.1, 0.15) is 23.1 Å². The molecule has 1 aliphatic heterocycles. The number of hydrogen-bond acceptors (Lipinski definition) is 4. The van der Waals surface area contributed by atoms with Crippen molar-refractivity contribution in [2.24, 2.45) is 11.8 Å². The first-order valence-electron chi connectivity index (χ1n) is 14.0. The van der Waals surface area contributed by atoms with Crippen LogP contribution >= 0.6 is 0 Å². The van der Waals surface area contributed by atoms with E-state index in [9.17, 15) is 9.18 Å². The van der Waals surface area contributed by atoms with Crippen LogP contribution in [0.4, 0.5) is 13.2 Å². The molecule has 0 aromatic heterocycles. The number of hydrogen-bond donors (Lipinski definition) is 0. The lowest BCUT2D eigenvalue weighted by atomic mass is 9.82. The van der Waals surface area contributed by atoms with E-state index < -0.39 is 23.3 Å². The van der Waals surface area contributed by atoms with Gasteiger partial charge in [-0.25, -0.2) is 13.2 Å². The van der Waals surface area contributed by atoms with Crippen LogP contribution in [0.2, 0.25) is 0 Å². The van der Waals surface area contributed by atoms with Crippen LogP contribution in [0.1, 0.15) is 75.6 Å². The standard InChI is InChI=1S/C32H38F3NO3/c1-19-13-25-24-8-6-5-7-22(24)14-26(25)30(36(19)18-32(2,3)35)29-27(33)15-23(16-28(29)34)39-17-20-9-11-21(12-10-20)31(37)38-4/h5-8,15-16,19-21,30H,9-14,17-18H2,1-4H3/t19-,20?,21?,30+/m1/s1. The minimum atomic E-state index is -1.53. The summed E-state index contributed by atoms with van der Waals surface area (Å²) in [5.41, 5.74) is 2.77. The quantitative estimate of drug-likeness (QED) is 0.347. The highest BCUT2D eigenvalue weighted by atomic mass is 19.1. The largest absolute Gasteiger partial charge is 0.493 e. The van der Waals surface area contributed by atoms with Crippen molar-refractivity contribution in [1.29, 1.82) is 0 Å². The molecule has 0 N–H and O–H groups in total. The smallest absolute Gasteiger partial charge is 0.308 e. The Bertz CT molecular complexity index is 1240. The van der Waals surface area contributed by atoms with Crippen molar-refractivity contribution < 1.29 is 27.4 Å². The predicted molar refractivity (Wildman–Crippen MR) is 145 cm³/mol. The first-order chi connectivity index (χ1) is 18.6. The van der Waals surface area contributed by atoms with Crippen LogP contribution in [0.15, 0.2) is 42.0 Å². The number of fused-ring (bicyclic) bond motifs is 2. The van der Waals surface area contributed by atoms with Crippen molar-refractivity contribution in [3.63, 3.8) is 0 Å². The minimum Gasteiger partial charge on any atom is -0.493 e. The topological polar surface area (TPSA) is 38.8 Å². The average molecular weight is 542 g/mol. The number of alkyl halides is 1. The minimum absolute atomic E-state index is 0.0444. The van der Waals surface area contributed by atoms with Crippen molar-refractivity contribution >= 4 is 11.5 Å². The number of halogens is 3. The molecule has 2 aliphatic carbocycles. The summed E-state index contributed by atoms with van der Waals surface area (Å²) >= 11 is 0. The van der Waals surface area contributed by atoms with E-state index in [0.717, 1.165) is 48.0 Å². The van der Waals surface area contributed by atoms with E-state index in [1.54, 1.807) is 0 Å². The molecule has 0 saturated heterocycles. The number of carbonyl (C=O) groups excluding carboxylic acids is 1. The van der Waals surface area contributed by atoms with Crippen LogP contribution in [0.5, 0.6) is 5.75 Å². The van der Waals surface area contributed by atoms with Crippen LogP contribution in [-0.4, -0.2) is 42.8 Å². The van der Waals surface area contributed by atoms with E-state index >= 15 is 8.78 Å². The third-order valence-electron chi connectivity index (χ3n) is 8.59. The number of methoxy groups -OCH3 is 1. The molecular weight excluding hydrogens is 503 g/mol. The van der Waals surface area contributed by atoms with E-state index in [4.69, 9.17) is 9.47 Å². The summed E-state index contributed by atoms with van der Waals surface area (Å²) in [6, 6.07) is 9.82. The lowest BCUT2D eigenvalue weighted by Gasteiger charge is -2.44. The van der Waals surface area contributed by atoms with Gasteiger partial charge in [0.2, 0.25) is 0 Å². The molecule has 2 atom stereocenters. The van der Waals surface area contributed by atoms with Gasteiger partial charge in [-0.1, -0.05) is 24.3 Å². The van der Waals surface area contributed by atoms with Crippen molar-refractivity contribution in [3.05, 3.63) is 70.3 Å².